The van der Waals surface area contributed by atoms with Gasteiger partial charge in [-0.15, -0.1) is 0 Å². The van der Waals surface area contributed by atoms with Gasteiger partial charge >= 0.3 is 0 Å². The van der Waals surface area contributed by atoms with Crippen LogP contribution in [-0.2, 0) is 6.42 Å². The van der Waals surface area contributed by atoms with Gasteiger partial charge in [0.25, 0.3) is 5.91 Å². The number of aromatic nitrogens is 2. The number of rotatable bonds is 7. The summed E-state index contributed by atoms with van der Waals surface area (Å²) in [5.41, 5.74) is 6.66. The topological polar surface area (TPSA) is 71.7 Å². The zero-order valence-electron chi connectivity index (χ0n) is 20.5. The van der Waals surface area contributed by atoms with Crippen molar-refractivity contribution in [3.63, 3.8) is 0 Å². The number of anilines is 1. The third-order valence-electron chi connectivity index (χ3n) is 6.36. The van der Waals surface area contributed by atoms with E-state index in [1.165, 1.54) is 6.39 Å². The minimum absolute atomic E-state index is 0.0361. The summed E-state index contributed by atoms with van der Waals surface area (Å²) < 4.78 is 10.7. The molecular weight excluding hydrogens is 476 g/mol. The van der Waals surface area contributed by atoms with E-state index in [0.29, 0.717) is 35.3 Å². The van der Waals surface area contributed by atoms with E-state index in [9.17, 15) is 4.79 Å². The number of likely N-dealkylation sites (N-methyl/N-ethyl adjacent to an activating group) is 1. The summed E-state index contributed by atoms with van der Waals surface area (Å²) in [6, 6.07) is 17.6. The van der Waals surface area contributed by atoms with E-state index in [4.69, 9.17) is 20.9 Å². The number of aryl methyl sites for hydroxylation is 1. The van der Waals surface area contributed by atoms with Gasteiger partial charge in [-0.25, -0.2) is 0 Å². The Hall–Kier alpha value is -3.68. The number of carbonyl (C=O) groups excluding carboxylic acids is 1. The number of carbonyl (C=O) groups is 1. The maximum atomic E-state index is 13.4. The van der Waals surface area contributed by atoms with E-state index in [0.717, 1.165) is 46.5 Å². The first-order valence-electron chi connectivity index (χ1n) is 11.8. The molecule has 8 heteroatoms. The van der Waals surface area contributed by atoms with Gasteiger partial charge in [0.1, 0.15) is 12.4 Å². The van der Waals surface area contributed by atoms with Crippen LogP contribution in [0.3, 0.4) is 0 Å². The number of halogens is 1. The Morgan fingerprint density at radius 1 is 1.11 bits per heavy atom. The van der Waals surface area contributed by atoms with Gasteiger partial charge in [0, 0.05) is 30.3 Å². The molecule has 0 spiro atoms. The Labute approximate surface area is 215 Å². The Morgan fingerprint density at radius 3 is 2.58 bits per heavy atom. The van der Waals surface area contributed by atoms with E-state index >= 15 is 0 Å². The fraction of sp³-hybridized carbons (Fsp3) is 0.250. The molecule has 1 aromatic heterocycles. The van der Waals surface area contributed by atoms with Crippen LogP contribution in [0.1, 0.15) is 21.5 Å². The summed E-state index contributed by atoms with van der Waals surface area (Å²) in [6.45, 7) is 3.96. The zero-order valence-corrected chi connectivity index (χ0v) is 21.2. The van der Waals surface area contributed by atoms with Gasteiger partial charge in [-0.3, -0.25) is 4.79 Å². The van der Waals surface area contributed by atoms with Crippen LogP contribution in [0, 0.1) is 6.92 Å². The number of fused-ring (bicyclic) bond motifs is 1. The van der Waals surface area contributed by atoms with Crippen LogP contribution >= 0.6 is 11.6 Å². The standard InChI is InChI=1S/C28H27ClN4O3/c1-18-14-22(27-30-17-36-31-27)8-9-23(18)19-4-6-20(7-5-19)28(34)33-11-10-21-15-24(29)26(16-25(21)33)35-13-12-32(2)3/h4-9,14-17H,10-13H2,1-3H3. The molecule has 0 saturated carbocycles. The highest BCUT2D eigenvalue weighted by atomic mass is 35.5. The molecule has 5 rings (SSSR count). The van der Waals surface area contributed by atoms with Gasteiger partial charge in [0.05, 0.1) is 10.7 Å². The molecule has 1 aliphatic heterocycles. The van der Waals surface area contributed by atoms with E-state index < -0.39 is 0 Å². The van der Waals surface area contributed by atoms with Crippen molar-refractivity contribution in [1.82, 2.24) is 15.0 Å². The number of benzene rings is 3. The number of hydrogen-bond acceptors (Lipinski definition) is 6. The minimum Gasteiger partial charge on any atom is -0.491 e. The second-order valence-electron chi connectivity index (χ2n) is 9.13. The molecule has 0 N–H and O–H groups in total. The molecule has 0 aliphatic carbocycles. The average Bonchev–Trinajstić information content (AvgIpc) is 3.54. The molecule has 4 aromatic rings. The van der Waals surface area contributed by atoms with Crippen LogP contribution in [0.25, 0.3) is 22.5 Å². The first-order valence-corrected chi connectivity index (χ1v) is 12.2. The lowest BCUT2D eigenvalue weighted by Gasteiger charge is -2.19. The van der Waals surface area contributed by atoms with Crippen LogP contribution in [0.2, 0.25) is 5.02 Å². The molecule has 0 atom stereocenters. The van der Waals surface area contributed by atoms with Gasteiger partial charge in [0.2, 0.25) is 12.2 Å². The number of ether oxygens (including phenoxy) is 1. The lowest BCUT2D eigenvalue weighted by molar-refractivity contribution is 0.0989. The minimum atomic E-state index is -0.0361. The average molecular weight is 503 g/mol. The molecule has 36 heavy (non-hydrogen) atoms. The van der Waals surface area contributed by atoms with Crippen LogP contribution in [0.4, 0.5) is 5.69 Å². The normalized spacial score (nSPS) is 12.8. The highest BCUT2D eigenvalue weighted by Gasteiger charge is 2.27. The van der Waals surface area contributed by atoms with Crippen molar-refractivity contribution in [2.75, 3.05) is 38.7 Å². The fourth-order valence-corrected chi connectivity index (χ4v) is 4.66. The highest BCUT2D eigenvalue weighted by Crippen LogP contribution is 2.38. The largest absolute Gasteiger partial charge is 0.491 e. The van der Waals surface area contributed by atoms with E-state index in [-0.39, 0.29) is 5.91 Å². The van der Waals surface area contributed by atoms with Crippen LogP contribution in [-0.4, -0.2) is 54.7 Å². The van der Waals surface area contributed by atoms with Gasteiger partial charge in [-0.1, -0.05) is 41.0 Å². The van der Waals surface area contributed by atoms with Crippen LogP contribution in [0.5, 0.6) is 5.75 Å². The van der Waals surface area contributed by atoms with Gasteiger partial charge < -0.3 is 19.1 Å². The molecule has 1 aliphatic rings. The molecule has 0 unspecified atom stereocenters. The van der Waals surface area contributed by atoms with Crippen molar-refractivity contribution >= 4 is 23.2 Å². The van der Waals surface area contributed by atoms with Gasteiger partial charge in [-0.2, -0.15) is 4.98 Å². The van der Waals surface area contributed by atoms with E-state index in [1.807, 2.05) is 85.4 Å². The molecule has 0 saturated heterocycles. The van der Waals surface area contributed by atoms with Crippen molar-refractivity contribution in [2.45, 2.75) is 13.3 Å². The first-order chi connectivity index (χ1) is 17.4. The Kier molecular flexibility index (Phi) is 6.76. The lowest BCUT2D eigenvalue weighted by Crippen LogP contribution is -2.28. The van der Waals surface area contributed by atoms with E-state index in [2.05, 4.69) is 10.1 Å². The quantitative estimate of drug-likeness (QED) is 0.332. The van der Waals surface area contributed by atoms with Crippen molar-refractivity contribution in [3.05, 3.63) is 82.7 Å². The third-order valence-corrected chi connectivity index (χ3v) is 6.65. The summed E-state index contributed by atoms with van der Waals surface area (Å²) in [5.74, 6) is 1.13. The van der Waals surface area contributed by atoms with Crippen molar-refractivity contribution < 1.29 is 14.1 Å². The summed E-state index contributed by atoms with van der Waals surface area (Å²) in [6.07, 6.45) is 2.09. The number of nitrogens with zero attached hydrogens (tertiary/aromatic N) is 4. The maximum absolute atomic E-state index is 13.4. The van der Waals surface area contributed by atoms with Crippen molar-refractivity contribution in [2.24, 2.45) is 0 Å². The molecule has 0 fully saturated rings. The summed E-state index contributed by atoms with van der Waals surface area (Å²) >= 11 is 6.44. The smallest absolute Gasteiger partial charge is 0.258 e. The molecule has 0 bridgehead atoms. The van der Waals surface area contributed by atoms with Crippen LogP contribution < -0.4 is 9.64 Å². The SMILES string of the molecule is Cc1cc(-c2ncon2)ccc1-c1ccc(C(=O)N2CCc3cc(Cl)c(OCCN(C)C)cc32)cc1. The molecule has 0 radical (unpaired) electrons. The summed E-state index contributed by atoms with van der Waals surface area (Å²) in [5, 5.41) is 4.48. The second kappa shape index (κ2) is 10.1. The zero-order chi connectivity index (χ0) is 25.2. The molecular formula is C28H27ClN4O3. The van der Waals surface area contributed by atoms with Gasteiger partial charge in [0.15, 0.2) is 0 Å². The third kappa shape index (κ3) is 4.85. The molecule has 2 heterocycles. The first kappa shape index (κ1) is 24.0. The Morgan fingerprint density at radius 2 is 1.89 bits per heavy atom. The fourth-order valence-electron chi connectivity index (χ4n) is 4.42. The Balaban J connectivity index is 1.34. The van der Waals surface area contributed by atoms with Crippen LogP contribution in [0.15, 0.2) is 65.5 Å². The van der Waals surface area contributed by atoms with Crippen molar-refractivity contribution in [1.29, 1.82) is 0 Å². The summed E-state index contributed by atoms with van der Waals surface area (Å²) in [4.78, 5) is 21.4. The van der Waals surface area contributed by atoms with E-state index in [1.54, 1.807) is 0 Å². The molecule has 3 aromatic carbocycles. The molecule has 7 nitrogen and oxygen atoms in total. The lowest BCUT2D eigenvalue weighted by atomic mass is 9.97. The monoisotopic (exact) mass is 502 g/mol. The Bertz CT molecular complexity index is 1380. The predicted molar refractivity (Wildman–Crippen MR) is 141 cm³/mol. The predicted octanol–water partition coefficient (Wildman–Crippen LogP) is 5.51. The highest BCUT2D eigenvalue weighted by molar-refractivity contribution is 6.32. The number of hydrogen-bond donors (Lipinski definition) is 0. The second-order valence-corrected chi connectivity index (χ2v) is 9.54. The van der Waals surface area contributed by atoms with Gasteiger partial charge in [-0.05, 0) is 74.0 Å². The number of amides is 1. The molecule has 1 amide bonds. The van der Waals surface area contributed by atoms with Crippen molar-refractivity contribution in [3.8, 4) is 28.3 Å². The summed E-state index contributed by atoms with van der Waals surface area (Å²) in [7, 11) is 3.98. The maximum Gasteiger partial charge on any atom is 0.258 e. The molecule has 184 valence electrons.